The highest BCUT2D eigenvalue weighted by atomic mass is 32.2. The lowest BCUT2D eigenvalue weighted by molar-refractivity contribution is -0.123. The van der Waals surface area contributed by atoms with Gasteiger partial charge in [0.05, 0.1) is 18.1 Å². The van der Waals surface area contributed by atoms with Crippen molar-refractivity contribution < 1.29 is 23.8 Å². The summed E-state index contributed by atoms with van der Waals surface area (Å²) in [6, 6.07) is 29.0. The van der Waals surface area contributed by atoms with Crippen LogP contribution in [0, 0.1) is 0 Å². The van der Waals surface area contributed by atoms with Crippen LogP contribution in [-0.2, 0) is 11.3 Å². The molecule has 1 aliphatic rings. The van der Waals surface area contributed by atoms with Crippen molar-refractivity contribution in [1.29, 1.82) is 0 Å². The maximum atomic E-state index is 13.1. The Morgan fingerprint density at radius 2 is 1.53 bits per heavy atom. The van der Waals surface area contributed by atoms with Gasteiger partial charge < -0.3 is 14.2 Å². The highest BCUT2D eigenvalue weighted by Crippen LogP contribution is 2.35. The number of imide groups is 1. The van der Waals surface area contributed by atoms with Gasteiger partial charge in [0, 0.05) is 0 Å². The Morgan fingerprint density at radius 1 is 0.763 bits per heavy atom. The summed E-state index contributed by atoms with van der Waals surface area (Å²) < 4.78 is 17.3. The number of carbonyl (C=O) groups excluding carboxylic acids is 2. The van der Waals surface area contributed by atoms with Crippen molar-refractivity contribution in [3.05, 3.63) is 107 Å². The maximum absolute atomic E-state index is 13.1. The molecule has 0 aromatic heterocycles. The van der Waals surface area contributed by atoms with Gasteiger partial charge in [0.2, 0.25) is 0 Å². The van der Waals surface area contributed by atoms with E-state index in [1.54, 1.807) is 12.1 Å². The molecule has 0 saturated carbocycles. The van der Waals surface area contributed by atoms with Gasteiger partial charge in [-0.3, -0.25) is 14.5 Å². The number of fused-ring (bicyclic) bond motifs is 1. The highest BCUT2D eigenvalue weighted by molar-refractivity contribution is 8.18. The molecule has 0 unspecified atom stereocenters. The fourth-order valence-electron chi connectivity index (χ4n) is 4.14. The molecule has 0 spiro atoms. The van der Waals surface area contributed by atoms with Gasteiger partial charge in [-0.15, -0.1) is 0 Å². The van der Waals surface area contributed by atoms with E-state index < -0.39 is 0 Å². The molecule has 4 aromatic rings. The van der Waals surface area contributed by atoms with Crippen molar-refractivity contribution in [2.45, 2.75) is 13.5 Å². The summed E-state index contributed by atoms with van der Waals surface area (Å²) in [6.07, 6.45) is 1.72. The van der Waals surface area contributed by atoms with Gasteiger partial charge in [0.1, 0.15) is 19.0 Å². The largest absolute Gasteiger partial charge is 0.490 e. The van der Waals surface area contributed by atoms with Gasteiger partial charge >= 0.3 is 0 Å². The maximum Gasteiger partial charge on any atom is 0.293 e. The van der Waals surface area contributed by atoms with Crippen LogP contribution in [0.15, 0.2) is 95.9 Å². The standard InChI is InChI=1S/C31H27NO5S/c1-2-35-28-19-22(13-15-27(28)37-17-16-36-26-10-4-3-5-11-26)20-29-30(33)32(31(34)38-29)21-23-12-14-24-8-6-7-9-25(24)18-23/h3-15,18-20H,2,16-17,21H2,1H3/b29-20-. The molecule has 1 heterocycles. The molecule has 1 aliphatic heterocycles. The monoisotopic (exact) mass is 525 g/mol. The number of benzene rings is 4. The Labute approximate surface area is 225 Å². The van der Waals surface area contributed by atoms with Crippen molar-refractivity contribution in [3.63, 3.8) is 0 Å². The topological polar surface area (TPSA) is 65.1 Å². The SMILES string of the molecule is CCOc1cc(/C=C2\SC(=O)N(Cc3ccc4ccccc4c3)C2=O)ccc1OCCOc1ccccc1. The summed E-state index contributed by atoms with van der Waals surface area (Å²) in [5.41, 5.74) is 1.65. The average Bonchev–Trinajstić information content (AvgIpc) is 3.20. The second kappa shape index (κ2) is 11.9. The number of hydrogen-bond donors (Lipinski definition) is 0. The van der Waals surface area contributed by atoms with Crippen LogP contribution in [0.3, 0.4) is 0 Å². The predicted molar refractivity (Wildman–Crippen MR) is 151 cm³/mol. The lowest BCUT2D eigenvalue weighted by Crippen LogP contribution is -2.27. The Morgan fingerprint density at radius 3 is 2.34 bits per heavy atom. The van der Waals surface area contributed by atoms with Crippen LogP contribution in [0.25, 0.3) is 16.8 Å². The smallest absolute Gasteiger partial charge is 0.293 e. The van der Waals surface area contributed by atoms with Crippen LogP contribution in [0.1, 0.15) is 18.1 Å². The van der Waals surface area contributed by atoms with Crippen LogP contribution in [0.2, 0.25) is 0 Å². The number of amides is 2. The molecule has 6 nitrogen and oxygen atoms in total. The summed E-state index contributed by atoms with van der Waals surface area (Å²) in [7, 11) is 0. The Balaban J connectivity index is 1.26. The number of para-hydroxylation sites is 1. The molecule has 4 aromatic carbocycles. The molecule has 0 bridgehead atoms. The third kappa shape index (κ3) is 6.01. The minimum absolute atomic E-state index is 0.231. The fourth-order valence-corrected chi connectivity index (χ4v) is 4.98. The number of rotatable bonds is 10. The first-order valence-electron chi connectivity index (χ1n) is 12.4. The van der Waals surface area contributed by atoms with E-state index in [-0.39, 0.29) is 17.7 Å². The summed E-state index contributed by atoms with van der Waals surface area (Å²) in [5, 5.41) is 1.91. The van der Waals surface area contributed by atoms with Crippen LogP contribution in [0.5, 0.6) is 17.2 Å². The third-order valence-electron chi connectivity index (χ3n) is 5.95. The van der Waals surface area contributed by atoms with E-state index in [0.29, 0.717) is 36.2 Å². The number of carbonyl (C=O) groups is 2. The van der Waals surface area contributed by atoms with Crippen molar-refractivity contribution in [2.24, 2.45) is 0 Å². The lowest BCUT2D eigenvalue weighted by atomic mass is 10.1. The lowest BCUT2D eigenvalue weighted by Gasteiger charge is -2.14. The quantitative estimate of drug-likeness (QED) is 0.165. The fraction of sp³-hybridized carbons (Fsp3) is 0.161. The first kappa shape index (κ1) is 25.4. The first-order chi connectivity index (χ1) is 18.6. The molecule has 0 aliphatic carbocycles. The van der Waals surface area contributed by atoms with E-state index in [1.807, 2.05) is 91.9 Å². The number of nitrogens with zero attached hydrogens (tertiary/aromatic N) is 1. The van der Waals surface area contributed by atoms with Crippen molar-refractivity contribution in [1.82, 2.24) is 4.90 Å². The van der Waals surface area contributed by atoms with E-state index in [4.69, 9.17) is 14.2 Å². The van der Waals surface area contributed by atoms with Gasteiger partial charge in [-0.1, -0.05) is 60.7 Å². The molecule has 0 atom stereocenters. The Kier molecular flexibility index (Phi) is 7.95. The number of hydrogen-bond acceptors (Lipinski definition) is 6. The zero-order chi connectivity index (χ0) is 26.3. The normalized spacial score (nSPS) is 14.3. The van der Waals surface area contributed by atoms with Gasteiger partial charge in [-0.05, 0) is 77.0 Å². The van der Waals surface area contributed by atoms with Crippen LogP contribution < -0.4 is 14.2 Å². The number of ether oxygens (including phenoxy) is 3. The average molecular weight is 526 g/mol. The Hall–Kier alpha value is -4.23. The summed E-state index contributed by atoms with van der Waals surface area (Å²) in [5.74, 6) is 1.64. The molecule has 192 valence electrons. The van der Waals surface area contributed by atoms with Gasteiger partial charge in [0.15, 0.2) is 11.5 Å². The van der Waals surface area contributed by atoms with Crippen LogP contribution in [0.4, 0.5) is 4.79 Å². The zero-order valence-corrected chi connectivity index (χ0v) is 21.8. The highest BCUT2D eigenvalue weighted by Gasteiger charge is 2.35. The number of thioether (sulfide) groups is 1. The molecular weight excluding hydrogens is 498 g/mol. The summed E-state index contributed by atoms with van der Waals surface area (Å²) in [4.78, 5) is 27.5. The zero-order valence-electron chi connectivity index (χ0n) is 21.0. The van der Waals surface area contributed by atoms with Crippen LogP contribution in [-0.4, -0.2) is 35.9 Å². The van der Waals surface area contributed by atoms with Crippen molar-refractivity contribution in [2.75, 3.05) is 19.8 Å². The minimum Gasteiger partial charge on any atom is -0.490 e. The second-order valence-corrected chi connectivity index (χ2v) is 9.59. The van der Waals surface area contributed by atoms with Crippen LogP contribution >= 0.6 is 11.8 Å². The Bertz CT molecular complexity index is 1480. The molecule has 1 fully saturated rings. The molecule has 0 radical (unpaired) electrons. The van der Waals surface area contributed by atoms with E-state index in [1.165, 1.54) is 4.90 Å². The minimum atomic E-state index is -0.301. The van der Waals surface area contributed by atoms with E-state index in [9.17, 15) is 9.59 Å². The molecule has 7 heteroatoms. The first-order valence-corrected chi connectivity index (χ1v) is 13.2. The van der Waals surface area contributed by atoms with E-state index >= 15 is 0 Å². The van der Waals surface area contributed by atoms with Gasteiger partial charge in [0.25, 0.3) is 11.1 Å². The molecular formula is C31H27NO5S. The van der Waals surface area contributed by atoms with Gasteiger partial charge in [-0.25, -0.2) is 0 Å². The molecule has 1 saturated heterocycles. The van der Waals surface area contributed by atoms with Crippen molar-refractivity contribution in [3.8, 4) is 17.2 Å². The predicted octanol–water partition coefficient (Wildman–Crippen LogP) is 6.93. The van der Waals surface area contributed by atoms with Gasteiger partial charge in [-0.2, -0.15) is 0 Å². The van der Waals surface area contributed by atoms with Crippen molar-refractivity contribution >= 4 is 39.8 Å². The molecule has 5 rings (SSSR count). The summed E-state index contributed by atoms with van der Waals surface area (Å²) >= 11 is 0.948. The molecule has 2 amide bonds. The van der Waals surface area contributed by atoms with E-state index in [0.717, 1.165) is 39.4 Å². The third-order valence-corrected chi connectivity index (χ3v) is 6.85. The molecule has 38 heavy (non-hydrogen) atoms. The molecule has 0 N–H and O–H groups in total. The van der Waals surface area contributed by atoms with E-state index in [2.05, 4.69) is 0 Å². The second-order valence-electron chi connectivity index (χ2n) is 8.60. The summed E-state index contributed by atoms with van der Waals surface area (Å²) in [6.45, 7) is 3.33.